The third kappa shape index (κ3) is 5.15. The second-order valence-electron chi connectivity index (χ2n) is 4.32. The zero-order valence-corrected chi connectivity index (χ0v) is 10.0. The maximum atomic E-state index is 11.5. The molecule has 17 heavy (non-hydrogen) atoms. The van der Waals surface area contributed by atoms with Crippen molar-refractivity contribution in [2.24, 2.45) is 0 Å². The van der Waals surface area contributed by atoms with E-state index in [0.717, 1.165) is 25.7 Å². The molecule has 1 atom stereocenters. The van der Waals surface area contributed by atoms with Gasteiger partial charge in [-0.05, 0) is 31.8 Å². The lowest BCUT2D eigenvalue weighted by molar-refractivity contribution is -0.142. The van der Waals surface area contributed by atoms with Crippen LogP contribution in [-0.4, -0.2) is 35.5 Å². The van der Waals surface area contributed by atoms with E-state index >= 15 is 0 Å². The first kappa shape index (κ1) is 13.9. The van der Waals surface area contributed by atoms with Crippen LogP contribution in [0.4, 0.5) is 0 Å². The van der Waals surface area contributed by atoms with Crippen LogP contribution in [0, 0.1) is 0 Å². The largest absolute Gasteiger partial charge is 0.459 e. The van der Waals surface area contributed by atoms with Gasteiger partial charge < -0.3 is 14.9 Å². The third-order valence-corrected chi connectivity index (χ3v) is 2.75. The van der Waals surface area contributed by atoms with E-state index in [1.54, 1.807) is 6.08 Å². The van der Waals surface area contributed by atoms with Crippen molar-refractivity contribution in [3.8, 4) is 0 Å². The van der Waals surface area contributed by atoms with Gasteiger partial charge in [-0.1, -0.05) is 18.6 Å². The molecule has 0 aromatic rings. The molecule has 1 fully saturated rings. The van der Waals surface area contributed by atoms with E-state index in [-0.39, 0.29) is 6.61 Å². The summed E-state index contributed by atoms with van der Waals surface area (Å²) in [6.07, 6.45) is 6.38. The standard InChI is InChI=1S/C13H20O4/c1-10(7-11-5-3-2-4-6-11)13(16)17-9-12(15)8-14/h7,12,14-15H,1-6,8-9H2. The zero-order chi connectivity index (χ0) is 12.7. The summed E-state index contributed by atoms with van der Waals surface area (Å²) in [7, 11) is 0. The van der Waals surface area contributed by atoms with Crippen molar-refractivity contribution in [3.05, 3.63) is 23.8 Å². The molecule has 1 aliphatic carbocycles. The first-order valence-corrected chi connectivity index (χ1v) is 5.98. The molecular weight excluding hydrogens is 220 g/mol. The molecule has 0 amide bonds. The monoisotopic (exact) mass is 240 g/mol. The Balaban J connectivity index is 2.38. The number of carbonyl (C=O) groups is 1. The van der Waals surface area contributed by atoms with Crippen LogP contribution in [0.5, 0.6) is 0 Å². The Morgan fingerprint density at radius 2 is 2.06 bits per heavy atom. The normalized spacial score (nSPS) is 17.4. The first-order chi connectivity index (χ1) is 8.13. The smallest absolute Gasteiger partial charge is 0.337 e. The van der Waals surface area contributed by atoms with Crippen LogP contribution >= 0.6 is 0 Å². The van der Waals surface area contributed by atoms with Crippen molar-refractivity contribution < 1.29 is 19.7 Å². The number of carbonyl (C=O) groups excluding carboxylic acids is 1. The van der Waals surface area contributed by atoms with Crippen molar-refractivity contribution in [3.63, 3.8) is 0 Å². The average molecular weight is 240 g/mol. The number of esters is 1. The zero-order valence-electron chi connectivity index (χ0n) is 10.0. The van der Waals surface area contributed by atoms with E-state index in [9.17, 15) is 4.79 Å². The van der Waals surface area contributed by atoms with E-state index in [2.05, 4.69) is 6.58 Å². The molecule has 4 nitrogen and oxygen atoms in total. The lowest BCUT2D eigenvalue weighted by Crippen LogP contribution is -2.22. The van der Waals surface area contributed by atoms with E-state index in [0.29, 0.717) is 5.57 Å². The number of aliphatic hydroxyl groups excluding tert-OH is 2. The number of ether oxygens (including phenoxy) is 1. The number of aliphatic hydroxyl groups is 2. The summed E-state index contributed by atoms with van der Waals surface area (Å²) in [5, 5.41) is 17.6. The molecule has 1 aliphatic rings. The highest BCUT2D eigenvalue weighted by molar-refractivity contribution is 5.91. The molecular formula is C13H20O4. The molecule has 0 spiro atoms. The number of hydrogen-bond donors (Lipinski definition) is 2. The highest BCUT2D eigenvalue weighted by Gasteiger charge is 2.12. The van der Waals surface area contributed by atoms with Gasteiger partial charge in [-0.15, -0.1) is 0 Å². The van der Waals surface area contributed by atoms with Crippen LogP contribution < -0.4 is 0 Å². The molecule has 4 heteroatoms. The summed E-state index contributed by atoms with van der Waals surface area (Å²) in [6, 6.07) is 0. The Morgan fingerprint density at radius 3 is 2.65 bits per heavy atom. The number of hydrogen-bond acceptors (Lipinski definition) is 4. The molecule has 2 N–H and O–H groups in total. The molecule has 96 valence electrons. The summed E-state index contributed by atoms with van der Waals surface area (Å²) in [6.45, 7) is 3.04. The fraction of sp³-hybridized carbons (Fsp3) is 0.615. The van der Waals surface area contributed by atoms with Crippen molar-refractivity contribution >= 4 is 5.97 Å². The van der Waals surface area contributed by atoms with Gasteiger partial charge in [0.05, 0.1) is 12.2 Å². The summed E-state index contributed by atoms with van der Waals surface area (Å²) in [5.74, 6) is -0.532. The quantitative estimate of drug-likeness (QED) is 0.562. The van der Waals surface area contributed by atoms with Crippen LogP contribution in [0.3, 0.4) is 0 Å². The Hall–Kier alpha value is -1.13. The van der Waals surface area contributed by atoms with Crippen LogP contribution in [0.1, 0.15) is 32.1 Å². The van der Waals surface area contributed by atoms with Gasteiger partial charge in [0, 0.05) is 0 Å². The van der Waals surface area contributed by atoms with Gasteiger partial charge >= 0.3 is 5.97 Å². The van der Waals surface area contributed by atoms with E-state index in [1.165, 1.54) is 12.0 Å². The second-order valence-corrected chi connectivity index (χ2v) is 4.32. The minimum Gasteiger partial charge on any atom is -0.459 e. The lowest BCUT2D eigenvalue weighted by atomic mass is 9.93. The molecule has 0 bridgehead atoms. The molecule has 1 rings (SSSR count). The first-order valence-electron chi connectivity index (χ1n) is 5.98. The van der Waals surface area contributed by atoms with Crippen molar-refractivity contribution in [1.82, 2.24) is 0 Å². The van der Waals surface area contributed by atoms with Crippen LogP contribution in [0.15, 0.2) is 23.8 Å². The minimum absolute atomic E-state index is 0.197. The summed E-state index contributed by atoms with van der Waals surface area (Å²) in [5.41, 5.74) is 1.55. The molecule has 0 aliphatic heterocycles. The van der Waals surface area contributed by atoms with E-state index < -0.39 is 18.7 Å². The molecule has 0 heterocycles. The Morgan fingerprint density at radius 1 is 1.41 bits per heavy atom. The van der Waals surface area contributed by atoms with E-state index in [1.807, 2.05) is 0 Å². The van der Waals surface area contributed by atoms with Gasteiger partial charge in [0.2, 0.25) is 0 Å². The molecule has 0 saturated heterocycles. The van der Waals surface area contributed by atoms with E-state index in [4.69, 9.17) is 14.9 Å². The maximum absolute atomic E-state index is 11.5. The molecule has 1 unspecified atom stereocenters. The minimum atomic E-state index is -1.02. The molecule has 0 aromatic carbocycles. The Bertz CT molecular complexity index is 299. The van der Waals surface area contributed by atoms with Gasteiger partial charge in [0.15, 0.2) is 0 Å². The second kappa shape index (κ2) is 7.25. The molecule has 0 aromatic heterocycles. The van der Waals surface area contributed by atoms with Crippen molar-refractivity contribution in [2.75, 3.05) is 13.2 Å². The predicted octanol–water partition coefficient (Wildman–Crippen LogP) is 1.33. The maximum Gasteiger partial charge on any atom is 0.337 e. The number of rotatable bonds is 5. The summed E-state index contributed by atoms with van der Waals surface area (Å²) < 4.78 is 4.80. The predicted molar refractivity (Wildman–Crippen MR) is 64.4 cm³/mol. The lowest BCUT2D eigenvalue weighted by Gasteiger charge is -2.14. The van der Waals surface area contributed by atoms with Gasteiger partial charge in [-0.2, -0.15) is 0 Å². The number of allylic oxidation sites excluding steroid dienone is 1. The van der Waals surface area contributed by atoms with Gasteiger partial charge in [0.1, 0.15) is 12.7 Å². The van der Waals surface area contributed by atoms with Gasteiger partial charge in [-0.3, -0.25) is 0 Å². The van der Waals surface area contributed by atoms with Crippen LogP contribution in [0.2, 0.25) is 0 Å². The average Bonchev–Trinajstić information content (AvgIpc) is 2.36. The van der Waals surface area contributed by atoms with Crippen molar-refractivity contribution in [2.45, 2.75) is 38.2 Å². The fourth-order valence-corrected chi connectivity index (χ4v) is 1.77. The SMILES string of the molecule is C=C(C=C1CCCCC1)C(=O)OCC(O)CO. The van der Waals surface area contributed by atoms with Crippen LogP contribution in [0.25, 0.3) is 0 Å². The Kier molecular flexibility index (Phi) is 5.94. The third-order valence-electron chi connectivity index (χ3n) is 2.75. The van der Waals surface area contributed by atoms with Gasteiger partial charge in [0.25, 0.3) is 0 Å². The highest BCUT2D eigenvalue weighted by Crippen LogP contribution is 2.23. The fourth-order valence-electron chi connectivity index (χ4n) is 1.77. The molecule has 0 radical (unpaired) electrons. The Labute approximate surface area is 102 Å². The highest BCUT2D eigenvalue weighted by atomic mass is 16.5. The molecule has 1 saturated carbocycles. The summed E-state index contributed by atoms with van der Waals surface area (Å²) in [4.78, 5) is 11.5. The summed E-state index contributed by atoms with van der Waals surface area (Å²) >= 11 is 0. The van der Waals surface area contributed by atoms with Crippen molar-refractivity contribution in [1.29, 1.82) is 0 Å². The topological polar surface area (TPSA) is 66.8 Å². The van der Waals surface area contributed by atoms with Gasteiger partial charge in [-0.25, -0.2) is 4.79 Å². The van der Waals surface area contributed by atoms with Crippen LogP contribution in [-0.2, 0) is 9.53 Å².